The van der Waals surface area contributed by atoms with E-state index < -0.39 is 0 Å². The molecule has 0 radical (unpaired) electrons. The second kappa shape index (κ2) is 9.93. The molecule has 24 heavy (non-hydrogen) atoms. The average molecular weight is 333 g/mol. The zero-order valence-corrected chi connectivity index (χ0v) is 14.3. The second-order valence-corrected chi connectivity index (χ2v) is 5.98. The topological polar surface area (TPSA) is 70.7 Å². The van der Waals surface area contributed by atoms with Gasteiger partial charge in [-0.25, -0.2) is 4.79 Å². The number of para-hydroxylation sites is 1. The zero-order valence-electron chi connectivity index (χ0n) is 14.3. The van der Waals surface area contributed by atoms with Crippen LogP contribution in [0.1, 0.15) is 32.6 Å². The maximum atomic E-state index is 12.2. The van der Waals surface area contributed by atoms with Crippen molar-refractivity contribution < 1.29 is 14.3 Å². The average Bonchev–Trinajstić information content (AvgIpc) is 2.84. The van der Waals surface area contributed by atoms with E-state index in [4.69, 9.17) is 4.74 Å². The van der Waals surface area contributed by atoms with E-state index in [1.54, 1.807) is 4.90 Å². The van der Waals surface area contributed by atoms with Crippen LogP contribution in [-0.4, -0.2) is 49.2 Å². The van der Waals surface area contributed by atoms with Gasteiger partial charge in [0.1, 0.15) is 0 Å². The minimum absolute atomic E-state index is 0.0278. The molecule has 0 saturated carbocycles. The van der Waals surface area contributed by atoms with Crippen LogP contribution in [-0.2, 0) is 9.53 Å². The fourth-order valence-corrected chi connectivity index (χ4v) is 2.71. The number of likely N-dealkylation sites (tertiary alicyclic amines) is 1. The van der Waals surface area contributed by atoms with Crippen molar-refractivity contribution in [2.24, 2.45) is 0 Å². The summed E-state index contributed by atoms with van der Waals surface area (Å²) in [6, 6.07) is 9.02. The highest BCUT2D eigenvalue weighted by Crippen LogP contribution is 2.14. The van der Waals surface area contributed by atoms with Crippen molar-refractivity contribution in [1.82, 2.24) is 10.2 Å². The summed E-state index contributed by atoms with van der Waals surface area (Å²) in [5.74, 6) is -0.228. The van der Waals surface area contributed by atoms with Gasteiger partial charge in [-0.05, 0) is 37.8 Å². The molecular weight excluding hydrogens is 306 g/mol. The van der Waals surface area contributed by atoms with E-state index in [-0.39, 0.29) is 24.6 Å². The Balaban J connectivity index is 1.71. The molecule has 1 fully saturated rings. The number of anilines is 1. The van der Waals surface area contributed by atoms with E-state index in [0.29, 0.717) is 13.1 Å². The van der Waals surface area contributed by atoms with Crippen LogP contribution in [0.15, 0.2) is 30.3 Å². The van der Waals surface area contributed by atoms with E-state index in [0.717, 1.165) is 38.0 Å². The summed E-state index contributed by atoms with van der Waals surface area (Å²) in [6.07, 6.45) is 4.01. The van der Waals surface area contributed by atoms with Crippen LogP contribution in [0.5, 0.6) is 0 Å². The molecule has 3 amide bonds. The van der Waals surface area contributed by atoms with E-state index >= 15 is 0 Å². The van der Waals surface area contributed by atoms with Crippen molar-refractivity contribution in [2.45, 2.75) is 38.7 Å². The fourth-order valence-electron chi connectivity index (χ4n) is 2.71. The fraction of sp³-hybridized carbons (Fsp3) is 0.556. The van der Waals surface area contributed by atoms with Gasteiger partial charge in [-0.2, -0.15) is 0 Å². The van der Waals surface area contributed by atoms with E-state index in [1.165, 1.54) is 0 Å². The summed E-state index contributed by atoms with van der Waals surface area (Å²) >= 11 is 0. The molecule has 2 rings (SSSR count). The Morgan fingerprint density at radius 3 is 2.75 bits per heavy atom. The summed E-state index contributed by atoms with van der Waals surface area (Å²) in [5.41, 5.74) is 0.724. The molecule has 1 saturated heterocycles. The highest BCUT2D eigenvalue weighted by atomic mass is 16.5. The van der Waals surface area contributed by atoms with Crippen molar-refractivity contribution in [3.05, 3.63) is 30.3 Å². The molecule has 1 aliphatic rings. The third-order valence-electron chi connectivity index (χ3n) is 3.98. The maximum absolute atomic E-state index is 12.2. The Kier molecular flexibility index (Phi) is 7.55. The number of nitrogens with one attached hydrogen (secondary N) is 2. The zero-order chi connectivity index (χ0) is 17.2. The highest BCUT2D eigenvalue weighted by Gasteiger charge is 2.21. The number of rotatable bonds is 6. The Hall–Kier alpha value is -2.08. The molecule has 1 aliphatic heterocycles. The first-order valence-corrected chi connectivity index (χ1v) is 8.68. The summed E-state index contributed by atoms with van der Waals surface area (Å²) in [7, 11) is 0. The van der Waals surface area contributed by atoms with Gasteiger partial charge in [-0.3, -0.25) is 4.79 Å². The smallest absolute Gasteiger partial charge is 0.317 e. The predicted octanol–water partition coefficient (Wildman–Crippen LogP) is 2.62. The van der Waals surface area contributed by atoms with Crippen LogP contribution in [0, 0.1) is 0 Å². The molecular formula is C18H27N3O3. The molecule has 0 bridgehead atoms. The van der Waals surface area contributed by atoms with Gasteiger partial charge in [0.15, 0.2) is 0 Å². The highest BCUT2D eigenvalue weighted by molar-refractivity contribution is 5.94. The molecule has 0 aromatic heterocycles. The van der Waals surface area contributed by atoms with Gasteiger partial charge in [0.25, 0.3) is 0 Å². The molecule has 6 heteroatoms. The van der Waals surface area contributed by atoms with Crippen LogP contribution in [0.2, 0.25) is 0 Å². The number of ether oxygens (including phenoxy) is 1. The Morgan fingerprint density at radius 1 is 1.21 bits per heavy atom. The number of urea groups is 1. The van der Waals surface area contributed by atoms with Crippen LogP contribution in [0.4, 0.5) is 10.5 Å². The van der Waals surface area contributed by atoms with E-state index in [1.807, 2.05) is 30.3 Å². The predicted molar refractivity (Wildman–Crippen MR) is 93.9 cm³/mol. The third kappa shape index (κ3) is 6.20. The van der Waals surface area contributed by atoms with Crippen molar-refractivity contribution in [1.29, 1.82) is 0 Å². The second-order valence-electron chi connectivity index (χ2n) is 5.98. The minimum Gasteiger partial charge on any atom is -0.378 e. The lowest BCUT2D eigenvalue weighted by molar-refractivity contribution is -0.115. The number of amides is 3. The Labute approximate surface area is 143 Å². The van der Waals surface area contributed by atoms with Crippen LogP contribution in [0.3, 0.4) is 0 Å². The van der Waals surface area contributed by atoms with E-state index in [2.05, 4.69) is 17.6 Å². The number of benzene rings is 1. The number of hydrogen-bond donors (Lipinski definition) is 2. The van der Waals surface area contributed by atoms with Gasteiger partial charge < -0.3 is 20.3 Å². The molecule has 1 heterocycles. The third-order valence-corrected chi connectivity index (χ3v) is 3.98. The molecule has 0 unspecified atom stereocenters. The monoisotopic (exact) mass is 333 g/mol. The van der Waals surface area contributed by atoms with Gasteiger partial charge in [0.05, 0.1) is 12.6 Å². The first-order valence-electron chi connectivity index (χ1n) is 8.68. The molecule has 6 nitrogen and oxygen atoms in total. The lowest BCUT2D eigenvalue weighted by Gasteiger charge is -2.21. The summed E-state index contributed by atoms with van der Waals surface area (Å²) in [4.78, 5) is 25.9. The summed E-state index contributed by atoms with van der Waals surface area (Å²) in [5, 5.41) is 5.44. The maximum Gasteiger partial charge on any atom is 0.317 e. The van der Waals surface area contributed by atoms with Gasteiger partial charge in [0.2, 0.25) is 5.91 Å². The van der Waals surface area contributed by atoms with Crippen molar-refractivity contribution >= 4 is 17.6 Å². The SMILES string of the molecule is CCCO[C@@H]1CCCN(C(=O)NCC(=O)Nc2ccccc2)CC1. The summed E-state index contributed by atoms with van der Waals surface area (Å²) in [6.45, 7) is 4.21. The normalized spacial score (nSPS) is 17.9. The van der Waals surface area contributed by atoms with Crippen molar-refractivity contribution in [3.63, 3.8) is 0 Å². The van der Waals surface area contributed by atoms with Gasteiger partial charge in [-0.1, -0.05) is 25.1 Å². The van der Waals surface area contributed by atoms with E-state index in [9.17, 15) is 9.59 Å². The van der Waals surface area contributed by atoms with Gasteiger partial charge in [0, 0.05) is 25.4 Å². The van der Waals surface area contributed by atoms with Gasteiger partial charge >= 0.3 is 6.03 Å². The molecule has 0 spiro atoms. The molecule has 132 valence electrons. The first-order chi connectivity index (χ1) is 11.7. The largest absolute Gasteiger partial charge is 0.378 e. The van der Waals surface area contributed by atoms with Gasteiger partial charge in [-0.15, -0.1) is 0 Å². The first kappa shape index (κ1) is 18.3. The summed E-state index contributed by atoms with van der Waals surface area (Å²) < 4.78 is 5.78. The number of carbonyl (C=O) groups excluding carboxylic acids is 2. The van der Waals surface area contributed by atoms with Crippen LogP contribution >= 0.6 is 0 Å². The minimum atomic E-state index is -0.228. The Morgan fingerprint density at radius 2 is 2.00 bits per heavy atom. The number of nitrogens with zero attached hydrogens (tertiary/aromatic N) is 1. The molecule has 1 atom stereocenters. The Bertz CT molecular complexity index is 522. The lowest BCUT2D eigenvalue weighted by atomic mass is 10.2. The molecule has 2 N–H and O–H groups in total. The number of carbonyl (C=O) groups is 2. The van der Waals surface area contributed by atoms with Crippen molar-refractivity contribution in [2.75, 3.05) is 31.6 Å². The molecule has 1 aromatic carbocycles. The lowest BCUT2D eigenvalue weighted by Crippen LogP contribution is -2.43. The number of hydrogen-bond acceptors (Lipinski definition) is 3. The van der Waals surface area contributed by atoms with Crippen LogP contribution < -0.4 is 10.6 Å². The quantitative estimate of drug-likeness (QED) is 0.841. The molecule has 0 aliphatic carbocycles. The standard InChI is InChI=1S/C18H27N3O3/c1-2-13-24-16-9-6-11-21(12-10-16)18(23)19-14-17(22)20-15-7-4-3-5-8-15/h3-5,7-8,16H,2,6,9-14H2,1H3,(H,19,23)(H,20,22)/t16-/m1/s1. The van der Waals surface area contributed by atoms with Crippen LogP contribution in [0.25, 0.3) is 0 Å². The van der Waals surface area contributed by atoms with Crippen molar-refractivity contribution in [3.8, 4) is 0 Å². The molecule has 1 aromatic rings.